The van der Waals surface area contributed by atoms with Gasteiger partial charge in [0.15, 0.2) is 0 Å². The molecule has 0 saturated carbocycles. The lowest BCUT2D eigenvalue weighted by Gasteiger charge is -2.61. The van der Waals surface area contributed by atoms with Crippen LogP contribution in [0.4, 0.5) is 27.7 Å². The average Bonchev–Trinajstić information content (AvgIpc) is 3.72. The van der Waals surface area contributed by atoms with Crippen molar-refractivity contribution in [1.82, 2.24) is 39.4 Å². The maximum absolute atomic E-state index is 15.8. The third-order valence-corrected chi connectivity index (χ3v) is 14.0. The van der Waals surface area contributed by atoms with E-state index >= 15 is 4.39 Å². The Morgan fingerprint density at radius 1 is 0.857 bits per heavy atom. The number of nitrogens with one attached hydrogen (secondary N) is 2. The maximum Gasteiger partial charge on any atom is 0.262 e. The van der Waals surface area contributed by atoms with Crippen molar-refractivity contribution in [3.8, 4) is 11.3 Å². The summed E-state index contributed by atoms with van der Waals surface area (Å²) in [6.45, 7) is 7.37. The van der Waals surface area contributed by atoms with Gasteiger partial charge in [0.05, 0.1) is 11.1 Å². The van der Waals surface area contributed by atoms with Gasteiger partial charge < -0.3 is 20.9 Å². The molecule has 17 nitrogen and oxygen atoms in total. The van der Waals surface area contributed by atoms with E-state index in [1.165, 1.54) is 30.5 Å². The number of fused-ring (bicyclic) bond motifs is 2. The van der Waals surface area contributed by atoms with E-state index in [4.69, 9.17) is 22.3 Å². The van der Waals surface area contributed by atoms with Crippen LogP contribution < -0.4 is 26.2 Å². The zero-order valence-corrected chi connectivity index (χ0v) is 34.7. The Morgan fingerprint density at radius 3 is 2.35 bits per heavy atom. The summed E-state index contributed by atoms with van der Waals surface area (Å²) in [7, 11) is 0. The Morgan fingerprint density at radius 2 is 1.60 bits per heavy atom. The first-order valence-corrected chi connectivity index (χ1v) is 21.5. The predicted molar refractivity (Wildman–Crippen MR) is 230 cm³/mol. The minimum absolute atomic E-state index is 0.0839. The first-order valence-electron chi connectivity index (χ1n) is 21.1. The molecule has 6 aliphatic rings. The lowest BCUT2D eigenvalue weighted by molar-refractivity contribution is -0.136. The van der Waals surface area contributed by atoms with Gasteiger partial charge in [-0.25, -0.2) is 19.3 Å². The van der Waals surface area contributed by atoms with Gasteiger partial charge in [-0.15, -0.1) is 0 Å². The summed E-state index contributed by atoms with van der Waals surface area (Å²) in [4.78, 5) is 87.4. The number of imidazole rings is 1. The fourth-order valence-electron chi connectivity index (χ4n) is 10.1. The fourth-order valence-corrected chi connectivity index (χ4v) is 10.3. The molecular formula is C44H42ClFN12O5. The molecule has 5 amide bonds. The molecule has 1 unspecified atom stereocenters. The minimum atomic E-state index is -0.982. The molecule has 63 heavy (non-hydrogen) atoms. The van der Waals surface area contributed by atoms with E-state index in [2.05, 4.69) is 40.2 Å². The Balaban J connectivity index is 0.680. The first kappa shape index (κ1) is 39.4. The quantitative estimate of drug-likeness (QED) is 0.193. The highest BCUT2D eigenvalue weighted by Gasteiger charge is 2.51. The van der Waals surface area contributed by atoms with Gasteiger partial charge in [0.25, 0.3) is 17.7 Å². The van der Waals surface area contributed by atoms with Gasteiger partial charge in [0, 0.05) is 111 Å². The summed E-state index contributed by atoms with van der Waals surface area (Å²) in [5.74, 6) is -2.00. The van der Waals surface area contributed by atoms with Gasteiger partial charge in [-0.05, 0) is 73.2 Å². The zero-order chi connectivity index (χ0) is 43.3. The summed E-state index contributed by atoms with van der Waals surface area (Å²) in [6, 6.07) is 12.6. The number of nitrogens with zero attached hydrogens (tertiary/aromatic N) is 9. The van der Waals surface area contributed by atoms with E-state index in [9.17, 15) is 24.0 Å². The molecule has 2 aromatic carbocycles. The highest BCUT2D eigenvalue weighted by Crippen LogP contribution is 2.45. The van der Waals surface area contributed by atoms with Crippen molar-refractivity contribution in [3.05, 3.63) is 94.7 Å². The Bertz CT molecular complexity index is 2770. The summed E-state index contributed by atoms with van der Waals surface area (Å²) in [6.07, 6.45) is 7.09. The van der Waals surface area contributed by atoms with Crippen molar-refractivity contribution >= 4 is 69.9 Å². The first-order chi connectivity index (χ1) is 30.4. The van der Waals surface area contributed by atoms with Gasteiger partial charge in [-0.3, -0.25) is 48.4 Å². The van der Waals surface area contributed by atoms with Crippen LogP contribution in [0.1, 0.15) is 56.8 Å². The van der Waals surface area contributed by atoms with E-state index in [0.29, 0.717) is 39.8 Å². The van der Waals surface area contributed by atoms with Crippen molar-refractivity contribution in [3.63, 3.8) is 0 Å². The van der Waals surface area contributed by atoms with E-state index in [-0.39, 0.29) is 46.6 Å². The number of hydrogen-bond donors (Lipinski definition) is 3. The largest absolute Gasteiger partial charge is 0.382 e. The van der Waals surface area contributed by atoms with Crippen LogP contribution >= 0.6 is 11.6 Å². The maximum atomic E-state index is 15.8. The summed E-state index contributed by atoms with van der Waals surface area (Å²) in [5, 5.41) is 5.30. The highest BCUT2D eigenvalue weighted by atomic mass is 35.5. The number of anilines is 4. The summed E-state index contributed by atoms with van der Waals surface area (Å²) >= 11 is 6.02. The molecular weight excluding hydrogens is 831 g/mol. The molecule has 6 aliphatic heterocycles. The number of carbonyl (C=O) groups excluding carboxylic acids is 5. The normalized spacial score (nSPS) is 21.7. The minimum Gasteiger partial charge on any atom is -0.382 e. The lowest BCUT2D eigenvalue weighted by Crippen LogP contribution is -2.74. The van der Waals surface area contributed by atoms with Crippen LogP contribution in [0.15, 0.2) is 67.1 Å². The number of imide groups is 2. The third-order valence-electron chi connectivity index (χ3n) is 13.8. The molecule has 5 aromatic rings. The molecule has 0 radical (unpaired) electrons. The van der Waals surface area contributed by atoms with Crippen LogP contribution in [0, 0.1) is 11.2 Å². The fraction of sp³-hybridized carbons (Fsp3) is 0.364. The molecule has 322 valence electrons. The van der Waals surface area contributed by atoms with Crippen LogP contribution in [0.5, 0.6) is 0 Å². The van der Waals surface area contributed by atoms with E-state index in [0.717, 1.165) is 75.8 Å². The number of halogens is 2. The highest BCUT2D eigenvalue weighted by molar-refractivity contribution is 6.30. The van der Waals surface area contributed by atoms with Gasteiger partial charge in [-0.2, -0.15) is 0 Å². The average molecular weight is 873 g/mol. The molecule has 0 bridgehead atoms. The molecule has 0 aliphatic carbocycles. The molecule has 9 heterocycles. The Kier molecular flexibility index (Phi) is 9.25. The number of piperidine rings is 2. The molecule has 19 heteroatoms. The molecule has 5 saturated heterocycles. The Hall–Kier alpha value is -6.50. The van der Waals surface area contributed by atoms with Gasteiger partial charge in [0.1, 0.15) is 34.7 Å². The third kappa shape index (κ3) is 6.65. The molecule has 4 N–H and O–H groups in total. The van der Waals surface area contributed by atoms with Crippen LogP contribution in [0.3, 0.4) is 0 Å². The van der Waals surface area contributed by atoms with Gasteiger partial charge in [-0.1, -0.05) is 11.6 Å². The van der Waals surface area contributed by atoms with Crippen molar-refractivity contribution in [2.24, 2.45) is 5.41 Å². The van der Waals surface area contributed by atoms with Crippen LogP contribution in [0.2, 0.25) is 5.02 Å². The van der Waals surface area contributed by atoms with Crippen molar-refractivity contribution in [1.29, 1.82) is 0 Å². The van der Waals surface area contributed by atoms with Crippen LogP contribution in [-0.4, -0.2) is 134 Å². The second-order valence-corrected chi connectivity index (χ2v) is 18.0. The van der Waals surface area contributed by atoms with Gasteiger partial charge >= 0.3 is 0 Å². The zero-order valence-electron chi connectivity index (χ0n) is 34.0. The summed E-state index contributed by atoms with van der Waals surface area (Å²) in [5.41, 5.74) is 9.27. The molecule has 3 aromatic heterocycles. The predicted octanol–water partition coefficient (Wildman–Crippen LogP) is 3.29. The second kappa shape index (κ2) is 14.8. The van der Waals surface area contributed by atoms with Crippen molar-refractivity contribution < 1.29 is 28.4 Å². The number of pyridine rings is 1. The molecule has 1 spiro atoms. The van der Waals surface area contributed by atoms with Crippen LogP contribution in [0.25, 0.3) is 16.8 Å². The SMILES string of the molecule is Nc1nccn2c(N3CCC4(CC3)CN(C3CN(C5CN(c6ccc7c(c6)C(=O)N(C6CCC(=O)NC6=O)C7=O)C5)C3)C4)nc(-c3ccc(C(=O)Nc4cc(Cl)ccn4)cc3F)c12. The van der Waals surface area contributed by atoms with E-state index in [1.807, 2.05) is 10.5 Å². The number of likely N-dealkylation sites (tertiary alicyclic amines) is 2. The second-order valence-electron chi connectivity index (χ2n) is 17.5. The van der Waals surface area contributed by atoms with Crippen molar-refractivity contribution in [2.75, 3.05) is 73.2 Å². The molecule has 5 fully saturated rings. The smallest absolute Gasteiger partial charge is 0.262 e. The lowest BCUT2D eigenvalue weighted by atomic mass is 9.71. The summed E-state index contributed by atoms with van der Waals surface area (Å²) < 4.78 is 17.7. The molecule has 1 atom stereocenters. The standard InChI is InChI=1S/C44H42ClFN12O5/c45-25-7-10-48-34(16-25)50-39(60)24-1-3-30(32(46)15-24)36-37-38(47)49-11-14-57(37)43(52-36)53-12-8-44(9-13-53)22-56(23-44)28-20-55(21-28)27-18-54(19-27)26-2-4-29-31(17-26)42(63)58(41(29)62)33-5-6-35(59)51-40(33)61/h1-4,7,10-11,14-17,27-28,33H,5-6,8-9,12-13,18-23H2,(H2,47,49)(H,48,50,60)(H,51,59,61). The number of nitrogen functional groups attached to an aromatic ring is 1. The number of amides is 5. The van der Waals surface area contributed by atoms with Gasteiger partial charge in [0.2, 0.25) is 17.8 Å². The van der Waals surface area contributed by atoms with E-state index in [1.54, 1.807) is 30.6 Å². The molecule has 11 rings (SSSR count). The van der Waals surface area contributed by atoms with E-state index < -0.39 is 41.4 Å². The monoisotopic (exact) mass is 872 g/mol. The van der Waals surface area contributed by atoms with Crippen molar-refractivity contribution in [2.45, 2.75) is 43.8 Å². The number of hydrogen-bond acceptors (Lipinski definition) is 13. The number of benzene rings is 2. The number of carbonyl (C=O) groups is 5. The van der Waals surface area contributed by atoms with Crippen LogP contribution in [-0.2, 0) is 9.59 Å². The topological polar surface area (TPSA) is 195 Å². The number of nitrogens with two attached hydrogens (primary N) is 1. The number of aromatic nitrogens is 4. The number of rotatable bonds is 8. The Labute approximate surface area is 365 Å².